The van der Waals surface area contributed by atoms with E-state index in [-0.39, 0.29) is 36.4 Å². The van der Waals surface area contributed by atoms with Crippen LogP contribution in [0.3, 0.4) is 0 Å². The van der Waals surface area contributed by atoms with Crippen LogP contribution in [-0.4, -0.2) is 35.4 Å². The number of nitrogens with one attached hydrogen (secondary N) is 1. The molecule has 1 aliphatic rings. The standard InChI is InChI=1S/C33H38Cl2N2O3/c1-33(2,3)26-15-9-10-16-30(26)40-22-31(38)37(21-24-17-18-27(34)28(35)19-24)29(20-23-11-5-4-6-12-23)32(39)36-25-13-7-8-14-25/h4-6,9-12,15-19,25,29H,7-8,13-14,20-22H2,1-3H3,(H,36,39)/t29-/m1/s1. The van der Waals surface area contributed by atoms with Gasteiger partial charge in [0.1, 0.15) is 11.8 Å². The van der Waals surface area contributed by atoms with Gasteiger partial charge in [-0.15, -0.1) is 0 Å². The molecule has 1 N–H and O–H groups in total. The number of hydrogen-bond donors (Lipinski definition) is 1. The maximum absolute atomic E-state index is 14.0. The molecule has 0 radical (unpaired) electrons. The summed E-state index contributed by atoms with van der Waals surface area (Å²) >= 11 is 12.5. The van der Waals surface area contributed by atoms with Crippen molar-refractivity contribution in [2.24, 2.45) is 0 Å². The number of halogens is 2. The van der Waals surface area contributed by atoms with E-state index in [1.807, 2.05) is 60.7 Å². The number of nitrogens with zero attached hydrogens (tertiary/aromatic N) is 1. The van der Waals surface area contributed by atoms with Crippen molar-refractivity contribution < 1.29 is 14.3 Å². The van der Waals surface area contributed by atoms with Crippen molar-refractivity contribution in [2.45, 2.75) is 76.9 Å². The molecule has 1 saturated carbocycles. The number of carbonyl (C=O) groups is 2. The number of rotatable bonds is 10. The Morgan fingerprint density at radius 2 is 1.60 bits per heavy atom. The highest BCUT2D eigenvalue weighted by Crippen LogP contribution is 2.31. The summed E-state index contributed by atoms with van der Waals surface area (Å²) in [7, 11) is 0. The van der Waals surface area contributed by atoms with E-state index in [0.717, 1.165) is 42.4 Å². The molecule has 0 saturated heterocycles. The lowest BCUT2D eigenvalue weighted by molar-refractivity contribution is -0.143. The lowest BCUT2D eigenvalue weighted by Crippen LogP contribution is -2.53. The van der Waals surface area contributed by atoms with Gasteiger partial charge in [-0.25, -0.2) is 0 Å². The van der Waals surface area contributed by atoms with E-state index in [4.69, 9.17) is 27.9 Å². The van der Waals surface area contributed by atoms with E-state index in [1.54, 1.807) is 17.0 Å². The average molecular weight is 582 g/mol. The minimum atomic E-state index is -0.730. The van der Waals surface area contributed by atoms with Gasteiger partial charge in [-0.05, 0) is 53.1 Å². The Kier molecular flexibility index (Phi) is 10.2. The van der Waals surface area contributed by atoms with Crippen molar-refractivity contribution >= 4 is 35.0 Å². The quantitative estimate of drug-likeness (QED) is 0.272. The molecule has 0 aliphatic heterocycles. The van der Waals surface area contributed by atoms with Crippen LogP contribution in [-0.2, 0) is 28.0 Å². The first kappa shape index (κ1) is 30.0. The number of carbonyl (C=O) groups excluding carboxylic acids is 2. The molecule has 5 nitrogen and oxygen atoms in total. The minimum Gasteiger partial charge on any atom is -0.483 e. The van der Waals surface area contributed by atoms with Gasteiger partial charge in [-0.3, -0.25) is 9.59 Å². The summed E-state index contributed by atoms with van der Waals surface area (Å²) in [5, 5.41) is 4.06. The lowest BCUT2D eigenvalue weighted by atomic mass is 9.86. The second-order valence-electron chi connectivity index (χ2n) is 11.5. The Balaban J connectivity index is 1.65. The molecule has 0 spiro atoms. The molecule has 0 heterocycles. The van der Waals surface area contributed by atoms with E-state index in [1.165, 1.54) is 0 Å². The van der Waals surface area contributed by atoms with Crippen LogP contribution in [0.15, 0.2) is 72.8 Å². The molecule has 2 amide bonds. The van der Waals surface area contributed by atoms with Crippen molar-refractivity contribution in [3.63, 3.8) is 0 Å². The molecule has 3 aromatic rings. The van der Waals surface area contributed by atoms with Gasteiger partial charge >= 0.3 is 0 Å². The van der Waals surface area contributed by atoms with Crippen LogP contribution < -0.4 is 10.1 Å². The van der Waals surface area contributed by atoms with Crippen LogP contribution in [0.5, 0.6) is 5.75 Å². The fraction of sp³-hybridized carbons (Fsp3) is 0.394. The second kappa shape index (κ2) is 13.6. The van der Waals surface area contributed by atoms with E-state index >= 15 is 0 Å². The molecule has 0 aromatic heterocycles. The largest absolute Gasteiger partial charge is 0.483 e. The third-order valence-corrected chi connectivity index (χ3v) is 8.09. The maximum atomic E-state index is 14.0. The van der Waals surface area contributed by atoms with Crippen molar-refractivity contribution in [1.82, 2.24) is 10.2 Å². The summed E-state index contributed by atoms with van der Waals surface area (Å²) in [5.74, 6) is 0.226. The van der Waals surface area contributed by atoms with Crippen molar-refractivity contribution in [1.29, 1.82) is 0 Å². The van der Waals surface area contributed by atoms with E-state index in [2.05, 4.69) is 26.1 Å². The average Bonchev–Trinajstić information content (AvgIpc) is 3.44. The number of hydrogen-bond acceptors (Lipinski definition) is 3. The highest BCUT2D eigenvalue weighted by atomic mass is 35.5. The summed E-state index contributed by atoms with van der Waals surface area (Å²) in [6.45, 7) is 6.32. The fourth-order valence-electron chi connectivity index (χ4n) is 5.19. The van der Waals surface area contributed by atoms with Crippen LogP contribution in [0.25, 0.3) is 0 Å². The Hall–Kier alpha value is -3.02. The molecule has 0 bridgehead atoms. The Morgan fingerprint density at radius 3 is 2.27 bits per heavy atom. The molecule has 1 fully saturated rings. The topological polar surface area (TPSA) is 58.6 Å². The lowest BCUT2D eigenvalue weighted by Gasteiger charge is -2.32. The zero-order chi connectivity index (χ0) is 28.7. The number of para-hydroxylation sites is 1. The predicted molar refractivity (Wildman–Crippen MR) is 162 cm³/mol. The third kappa shape index (κ3) is 8.02. The molecule has 40 heavy (non-hydrogen) atoms. The van der Waals surface area contributed by atoms with Crippen LogP contribution >= 0.6 is 23.2 Å². The number of ether oxygens (including phenoxy) is 1. The Labute approximate surface area is 247 Å². The normalized spacial score (nSPS) is 14.5. The predicted octanol–water partition coefficient (Wildman–Crippen LogP) is 7.37. The zero-order valence-electron chi connectivity index (χ0n) is 23.5. The summed E-state index contributed by atoms with van der Waals surface area (Å²) in [6, 6.07) is 22.2. The molecular weight excluding hydrogens is 543 g/mol. The van der Waals surface area contributed by atoms with Crippen LogP contribution in [0, 0.1) is 0 Å². The molecule has 212 valence electrons. The zero-order valence-corrected chi connectivity index (χ0v) is 25.0. The molecule has 1 atom stereocenters. The molecule has 0 unspecified atom stereocenters. The van der Waals surface area contributed by atoms with Gasteiger partial charge in [0.2, 0.25) is 5.91 Å². The van der Waals surface area contributed by atoms with Crippen LogP contribution in [0.2, 0.25) is 10.0 Å². The first-order valence-electron chi connectivity index (χ1n) is 13.9. The second-order valence-corrected chi connectivity index (χ2v) is 12.3. The van der Waals surface area contributed by atoms with Crippen molar-refractivity contribution in [3.05, 3.63) is 99.5 Å². The molecule has 3 aromatic carbocycles. The Morgan fingerprint density at radius 1 is 0.925 bits per heavy atom. The Bertz CT molecular complexity index is 1300. The van der Waals surface area contributed by atoms with Gasteiger partial charge < -0.3 is 15.0 Å². The summed E-state index contributed by atoms with van der Waals surface area (Å²) in [4.78, 5) is 29.4. The van der Waals surface area contributed by atoms with Crippen molar-refractivity contribution in [2.75, 3.05) is 6.61 Å². The van der Waals surface area contributed by atoms with E-state index < -0.39 is 6.04 Å². The SMILES string of the molecule is CC(C)(C)c1ccccc1OCC(=O)N(Cc1ccc(Cl)c(Cl)c1)[C@H](Cc1ccccc1)C(=O)NC1CCCC1. The summed E-state index contributed by atoms with van der Waals surface area (Å²) in [5.41, 5.74) is 2.61. The molecule has 4 rings (SSSR count). The maximum Gasteiger partial charge on any atom is 0.261 e. The van der Waals surface area contributed by atoms with Crippen molar-refractivity contribution in [3.8, 4) is 5.75 Å². The number of benzene rings is 3. The highest BCUT2D eigenvalue weighted by molar-refractivity contribution is 6.42. The van der Waals surface area contributed by atoms with E-state index in [0.29, 0.717) is 22.2 Å². The number of amides is 2. The van der Waals surface area contributed by atoms with Crippen LogP contribution in [0.1, 0.15) is 63.1 Å². The van der Waals surface area contributed by atoms with Gasteiger partial charge in [-0.1, -0.05) is 111 Å². The smallest absolute Gasteiger partial charge is 0.261 e. The van der Waals surface area contributed by atoms with Gasteiger partial charge in [-0.2, -0.15) is 0 Å². The fourth-order valence-corrected chi connectivity index (χ4v) is 5.51. The van der Waals surface area contributed by atoms with Gasteiger partial charge in [0.05, 0.1) is 10.0 Å². The third-order valence-electron chi connectivity index (χ3n) is 7.36. The van der Waals surface area contributed by atoms with E-state index in [9.17, 15) is 9.59 Å². The first-order chi connectivity index (χ1) is 19.1. The minimum absolute atomic E-state index is 0.127. The summed E-state index contributed by atoms with van der Waals surface area (Å²) < 4.78 is 6.13. The first-order valence-corrected chi connectivity index (χ1v) is 14.7. The monoisotopic (exact) mass is 580 g/mol. The molecule has 7 heteroatoms. The molecular formula is C33H38Cl2N2O3. The van der Waals surface area contributed by atoms with Gasteiger partial charge in [0.25, 0.3) is 5.91 Å². The molecule has 1 aliphatic carbocycles. The summed E-state index contributed by atoms with van der Waals surface area (Å²) in [6.07, 6.45) is 4.49. The van der Waals surface area contributed by atoms with Gasteiger partial charge in [0.15, 0.2) is 6.61 Å². The highest BCUT2D eigenvalue weighted by Gasteiger charge is 2.33. The van der Waals surface area contributed by atoms with Crippen LogP contribution in [0.4, 0.5) is 0 Å². The van der Waals surface area contributed by atoms with Gasteiger partial charge in [0, 0.05) is 19.0 Å².